The smallest absolute Gasteiger partial charge is 0.243 e. The van der Waals surface area contributed by atoms with Crippen LogP contribution in [0.15, 0.2) is 33.7 Å². The highest BCUT2D eigenvalue weighted by Gasteiger charge is 2.11. The highest BCUT2D eigenvalue weighted by molar-refractivity contribution is 9.10. The summed E-state index contributed by atoms with van der Waals surface area (Å²) in [4.78, 5) is 17.7. The summed E-state index contributed by atoms with van der Waals surface area (Å²) in [7, 11) is 3.45. The van der Waals surface area contributed by atoms with E-state index in [9.17, 15) is 4.79 Å². The number of rotatable bonds is 9. The van der Waals surface area contributed by atoms with Crippen LogP contribution in [0.25, 0.3) is 0 Å². The molecule has 0 aliphatic carbocycles. The van der Waals surface area contributed by atoms with Crippen LogP contribution in [0.3, 0.4) is 0 Å². The van der Waals surface area contributed by atoms with Gasteiger partial charge < -0.3 is 20.3 Å². The molecule has 0 aromatic heterocycles. The van der Waals surface area contributed by atoms with E-state index in [1.54, 1.807) is 14.1 Å². The van der Waals surface area contributed by atoms with Gasteiger partial charge in [0.15, 0.2) is 5.96 Å². The lowest BCUT2D eigenvalue weighted by atomic mass is 10.1. The fraction of sp³-hybridized carbons (Fsp3) is 0.556. The van der Waals surface area contributed by atoms with Gasteiger partial charge in [-0.2, -0.15) is 0 Å². The van der Waals surface area contributed by atoms with Crippen molar-refractivity contribution in [2.24, 2.45) is 4.99 Å². The lowest BCUT2D eigenvalue weighted by Crippen LogP contribution is -2.40. The van der Waals surface area contributed by atoms with E-state index in [-0.39, 0.29) is 18.5 Å². The van der Waals surface area contributed by atoms with E-state index in [4.69, 9.17) is 4.74 Å². The molecule has 1 aromatic carbocycles. The van der Waals surface area contributed by atoms with Crippen LogP contribution >= 0.6 is 15.9 Å². The van der Waals surface area contributed by atoms with Crippen molar-refractivity contribution in [1.82, 2.24) is 15.5 Å². The Balaban J connectivity index is 2.70. The van der Waals surface area contributed by atoms with Gasteiger partial charge in [-0.05, 0) is 31.9 Å². The maximum absolute atomic E-state index is 11.8. The number of aliphatic imine (C=N–C) groups is 1. The number of guanidine groups is 1. The van der Waals surface area contributed by atoms with E-state index in [0.717, 1.165) is 29.6 Å². The molecule has 1 atom stereocenters. The minimum absolute atomic E-state index is 0.0380. The number of benzene rings is 1. The Morgan fingerprint density at radius 1 is 1.36 bits per heavy atom. The molecular weight excluding hydrogens is 384 g/mol. The highest BCUT2D eigenvalue weighted by Crippen LogP contribution is 2.22. The molecule has 1 rings (SSSR count). The normalized spacial score (nSPS) is 12.6. The number of nitrogens with zero attached hydrogens (tertiary/aromatic N) is 2. The van der Waals surface area contributed by atoms with Gasteiger partial charge in [0.05, 0.1) is 6.04 Å². The van der Waals surface area contributed by atoms with E-state index >= 15 is 0 Å². The average Bonchev–Trinajstić information content (AvgIpc) is 2.59. The number of ether oxygens (including phenoxy) is 1. The van der Waals surface area contributed by atoms with Crippen molar-refractivity contribution in [3.05, 3.63) is 34.3 Å². The number of hydrogen-bond donors (Lipinski definition) is 2. The minimum Gasteiger partial charge on any atom is -0.382 e. The molecule has 140 valence electrons. The molecule has 6 nitrogen and oxygen atoms in total. The molecule has 1 amide bonds. The maximum atomic E-state index is 11.8. The molecule has 0 saturated heterocycles. The molecule has 1 aromatic rings. The van der Waals surface area contributed by atoms with Crippen molar-refractivity contribution in [1.29, 1.82) is 0 Å². The molecule has 25 heavy (non-hydrogen) atoms. The number of carbonyl (C=O) groups is 1. The lowest BCUT2D eigenvalue weighted by Gasteiger charge is -2.20. The van der Waals surface area contributed by atoms with Crippen LogP contribution in [0.5, 0.6) is 0 Å². The Morgan fingerprint density at radius 3 is 2.72 bits per heavy atom. The zero-order valence-corrected chi connectivity index (χ0v) is 17.1. The van der Waals surface area contributed by atoms with Crippen LogP contribution in [-0.2, 0) is 9.53 Å². The summed E-state index contributed by atoms with van der Waals surface area (Å²) in [5.74, 6) is 0.582. The van der Waals surface area contributed by atoms with E-state index in [2.05, 4.69) is 44.5 Å². The Kier molecular flexibility index (Phi) is 10.2. The van der Waals surface area contributed by atoms with Crippen molar-refractivity contribution in [2.75, 3.05) is 40.4 Å². The van der Waals surface area contributed by atoms with Crippen LogP contribution in [-0.4, -0.2) is 57.2 Å². The van der Waals surface area contributed by atoms with Crippen molar-refractivity contribution >= 4 is 27.8 Å². The first kappa shape index (κ1) is 21.4. The van der Waals surface area contributed by atoms with E-state index in [1.807, 2.05) is 25.1 Å². The van der Waals surface area contributed by atoms with Gasteiger partial charge in [-0.1, -0.05) is 34.1 Å². The SMILES string of the molecule is CCOCCCNC(=NCC(=O)N(C)C)NC(C)c1ccccc1Br. The van der Waals surface area contributed by atoms with Gasteiger partial charge in [-0.15, -0.1) is 0 Å². The first-order valence-electron chi connectivity index (χ1n) is 8.52. The van der Waals surface area contributed by atoms with Gasteiger partial charge in [-0.25, -0.2) is 4.99 Å². The van der Waals surface area contributed by atoms with E-state index in [1.165, 1.54) is 4.90 Å². The number of likely N-dealkylation sites (N-methyl/N-ethyl adjacent to an activating group) is 1. The second kappa shape index (κ2) is 11.9. The summed E-state index contributed by atoms with van der Waals surface area (Å²) < 4.78 is 6.38. The average molecular weight is 413 g/mol. The summed E-state index contributed by atoms with van der Waals surface area (Å²) in [5, 5.41) is 6.62. The molecule has 0 aliphatic rings. The third-order valence-corrected chi connectivity index (χ3v) is 4.28. The molecule has 0 spiro atoms. The van der Waals surface area contributed by atoms with Crippen LogP contribution < -0.4 is 10.6 Å². The second-order valence-corrected chi connectivity index (χ2v) is 6.67. The largest absolute Gasteiger partial charge is 0.382 e. The monoisotopic (exact) mass is 412 g/mol. The Bertz CT molecular complexity index is 564. The van der Waals surface area contributed by atoms with Crippen LogP contribution in [0.4, 0.5) is 0 Å². The van der Waals surface area contributed by atoms with Crippen molar-refractivity contribution in [3.63, 3.8) is 0 Å². The minimum atomic E-state index is -0.0380. The fourth-order valence-corrected chi connectivity index (χ4v) is 2.70. The molecule has 7 heteroatoms. The molecular formula is C18H29BrN4O2. The summed E-state index contributed by atoms with van der Waals surface area (Å²) >= 11 is 3.57. The standard InChI is InChI=1S/C18H29BrN4O2/c1-5-25-12-8-11-20-18(21-13-17(24)23(3)4)22-14(2)15-9-6-7-10-16(15)19/h6-7,9-10,14H,5,8,11-13H2,1-4H3,(H2,20,21,22). The van der Waals surface area contributed by atoms with Crippen molar-refractivity contribution in [3.8, 4) is 0 Å². The second-order valence-electron chi connectivity index (χ2n) is 5.82. The Morgan fingerprint density at radius 2 is 2.08 bits per heavy atom. The van der Waals surface area contributed by atoms with Crippen molar-refractivity contribution in [2.45, 2.75) is 26.3 Å². The molecule has 0 fully saturated rings. The molecule has 2 N–H and O–H groups in total. The van der Waals surface area contributed by atoms with E-state index in [0.29, 0.717) is 12.6 Å². The summed E-state index contributed by atoms with van der Waals surface area (Å²) in [6.07, 6.45) is 0.875. The first-order valence-corrected chi connectivity index (χ1v) is 9.32. The number of carbonyl (C=O) groups excluding carboxylic acids is 1. The lowest BCUT2D eigenvalue weighted by molar-refractivity contribution is -0.127. The quantitative estimate of drug-likeness (QED) is 0.371. The predicted octanol–water partition coefficient (Wildman–Crippen LogP) is 2.56. The molecule has 0 bridgehead atoms. The molecule has 0 aliphatic heterocycles. The van der Waals surface area contributed by atoms with Gasteiger partial charge in [-0.3, -0.25) is 4.79 Å². The topological polar surface area (TPSA) is 66.0 Å². The van der Waals surface area contributed by atoms with E-state index < -0.39 is 0 Å². The maximum Gasteiger partial charge on any atom is 0.243 e. The predicted molar refractivity (Wildman–Crippen MR) is 106 cm³/mol. The van der Waals surface area contributed by atoms with Crippen LogP contribution in [0.1, 0.15) is 31.9 Å². The molecule has 1 unspecified atom stereocenters. The number of hydrogen-bond acceptors (Lipinski definition) is 3. The van der Waals surface area contributed by atoms with Crippen LogP contribution in [0.2, 0.25) is 0 Å². The van der Waals surface area contributed by atoms with Gasteiger partial charge in [0.1, 0.15) is 6.54 Å². The van der Waals surface area contributed by atoms with Crippen molar-refractivity contribution < 1.29 is 9.53 Å². The third kappa shape index (κ3) is 8.36. The van der Waals surface area contributed by atoms with Gasteiger partial charge >= 0.3 is 0 Å². The fourth-order valence-electron chi connectivity index (χ4n) is 2.08. The molecule has 0 radical (unpaired) electrons. The third-order valence-electron chi connectivity index (χ3n) is 3.56. The zero-order chi connectivity index (χ0) is 18.7. The Labute approximate surface area is 159 Å². The molecule has 0 saturated carbocycles. The number of halogens is 1. The first-order chi connectivity index (χ1) is 12.0. The van der Waals surface area contributed by atoms with Crippen LogP contribution in [0, 0.1) is 0 Å². The summed E-state index contributed by atoms with van der Waals surface area (Å²) in [5.41, 5.74) is 1.13. The van der Waals surface area contributed by atoms with Gasteiger partial charge in [0.2, 0.25) is 5.91 Å². The zero-order valence-electron chi connectivity index (χ0n) is 15.5. The van der Waals surface area contributed by atoms with Gasteiger partial charge in [0, 0.05) is 38.3 Å². The molecule has 0 heterocycles. The number of amides is 1. The Hall–Kier alpha value is -1.60. The summed E-state index contributed by atoms with van der Waals surface area (Å²) in [6, 6.07) is 8.09. The highest BCUT2D eigenvalue weighted by atomic mass is 79.9. The number of nitrogens with one attached hydrogen (secondary N) is 2. The summed E-state index contributed by atoms with van der Waals surface area (Å²) in [6.45, 7) is 6.29. The van der Waals surface area contributed by atoms with Gasteiger partial charge in [0.25, 0.3) is 0 Å².